The Hall–Kier alpha value is -3.02. The second-order valence-corrected chi connectivity index (χ2v) is 9.78. The summed E-state index contributed by atoms with van der Waals surface area (Å²) in [6.07, 6.45) is 9.32. The Morgan fingerprint density at radius 1 is 0.879 bits per heavy atom. The van der Waals surface area contributed by atoms with E-state index in [2.05, 4.69) is 21.6 Å². The Kier molecular flexibility index (Phi) is 6.00. The van der Waals surface area contributed by atoms with Gasteiger partial charge in [-0.2, -0.15) is 0 Å². The van der Waals surface area contributed by atoms with Gasteiger partial charge in [0.05, 0.1) is 11.4 Å². The van der Waals surface area contributed by atoms with Gasteiger partial charge in [-0.3, -0.25) is 9.59 Å². The Balaban J connectivity index is 1.34. The lowest BCUT2D eigenvalue weighted by Gasteiger charge is -2.43. The van der Waals surface area contributed by atoms with E-state index >= 15 is 0 Å². The summed E-state index contributed by atoms with van der Waals surface area (Å²) in [5.74, 6) is 0.165. The van der Waals surface area contributed by atoms with Gasteiger partial charge < -0.3 is 20.4 Å². The van der Waals surface area contributed by atoms with Crippen LogP contribution < -0.4 is 20.4 Å². The number of hydrogen-bond donors (Lipinski definition) is 2. The molecule has 1 aliphatic heterocycles. The SMILES string of the molecule is CC1C(=O)N(C)c2ccc(Nc3ccc(C(=O)NC4CCCC4)cc3)cc2N1C1CCCC1. The van der Waals surface area contributed by atoms with Gasteiger partial charge in [-0.15, -0.1) is 0 Å². The fraction of sp³-hybridized carbons (Fsp3) is 0.481. The van der Waals surface area contributed by atoms with Crippen LogP contribution in [0.2, 0.25) is 0 Å². The summed E-state index contributed by atoms with van der Waals surface area (Å²) in [6.45, 7) is 2.02. The highest BCUT2D eigenvalue weighted by atomic mass is 16.2. The van der Waals surface area contributed by atoms with E-state index in [9.17, 15) is 9.59 Å². The van der Waals surface area contributed by atoms with Crippen LogP contribution in [-0.2, 0) is 4.79 Å². The van der Waals surface area contributed by atoms with Gasteiger partial charge in [0.15, 0.2) is 0 Å². The van der Waals surface area contributed by atoms with Crippen LogP contribution in [0.4, 0.5) is 22.7 Å². The molecule has 1 heterocycles. The maximum atomic E-state index is 12.9. The zero-order chi connectivity index (χ0) is 22.9. The quantitative estimate of drug-likeness (QED) is 0.661. The van der Waals surface area contributed by atoms with Crippen LogP contribution in [0, 0.1) is 0 Å². The Morgan fingerprint density at radius 3 is 2.21 bits per heavy atom. The molecule has 6 heteroatoms. The zero-order valence-corrected chi connectivity index (χ0v) is 19.6. The lowest BCUT2D eigenvalue weighted by atomic mass is 10.0. The molecule has 2 fully saturated rings. The number of hydrogen-bond acceptors (Lipinski definition) is 4. The molecule has 0 aromatic heterocycles. The maximum absolute atomic E-state index is 12.9. The third kappa shape index (κ3) is 4.31. The summed E-state index contributed by atoms with van der Waals surface area (Å²) in [4.78, 5) is 29.5. The van der Waals surface area contributed by atoms with E-state index in [1.54, 1.807) is 4.90 Å². The van der Waals surface area contributed by atoms with Crippen LogP contribution in [0.15, 0.2) is 42.5 Å². The first-order valence-corrected chi connectivity index (χ1v) is 12.4. The molecule has 1 atom stereocenters. The third-order valence-corrected chi connectivity index (χ3v) is 7.56. The average Bonchev–Trinajstić information content (AvgIpc) is 3.53. The van der Waals surface area contributed by atoms with Gasteiger partial charge in [0.25, 0.3) is 5.91 Å². The Labute approximate surface area is 196 Å². The number of nitrogens with zero attached hydrogens (tertiary/aromatic N) is 2. The molecular weight excluding hydrogens is 412 g/mol. The molecule has 0 saturated heterocycles. The van der Waals surface area contributed by atoms with Crippen LogP contribution in [0.25, 0.3) is 0 Å². The highest BCUT2D eigenvalue weighted by Crippen LogP contribution is 2.42. The van der Waals surface area contributed by atoms with Crippen molar-refractivity contribution in [3.63, 3.8) is 0 Å². The van der Waals surface area contributed by atoms with Gasteiger partial charge in [0.1, 0.15) is 6.04 Å². The molecule has 3 aliphatic rings. The normalized spacial score (nSPS) is 21.4. The second-order valence-electron chi connectivity index (χ2n) is 9.78. The van der Waals surface area contributed by atoms with Crippen molar-refractivity contribution in [2.45, 2.75) is 76.4 Å². The highest BCUT2D eigenvalue weighted by molar-refractivity contribution is 6.05. The predicted molar refractivity (Wildman–Crippen MR) is 133 cm³/mol. The molecule has 5 rings (SSSR count). The molecule has 2 amide bonds. The van der Waals surface area contributed by atoms with Crippen molar-refractivity contribution in [1.82, 2.24) is 5.32 Å². The van der Waals surface area contributed by atoms with Crippen molar-refractivity contribution in [3.8, 4) is 0 Å². The summed E-state index contributed by atoms with van der Waals surface area (Å²) < 4.78 is 0. The van der Waals surface area contributed by atoms with Crippen LogP contribution in [0.3, 0.4) is 0 Å². The maximum Gasteiger partial charge on any atom is 0.251 e. The standard InChI is InChI=1S/C27H34N4O2/c1-18-27(33)30(2)24-16-15-22(17-25(24)31(18)23-9-5-6-10-23)28-21-13-11-19(12-14-21)26(32)29-20-7-3-4-8-20/h11-18,20,23,28H,3-10H2,1-2H3,(H,29,32). The lowest BCUT2D eigenvalue weighted by molar-refractivity contribution is -0.119. The van der Waals surface area contributed by atoms with Crippen LogP contribution in [-0.4, -0.2) is 37.0 Å². The number of carbonyl (C=O) groups is 2. The number of benzene rings is 2. The molecule has 2 saturated carbocycles. The fourth-order valence-corrected chi connectivity index (χ4v) is 5.72. The topological polar surface area (TPSA) is 64.7 Å². The van der Waals surface area contributed by atoms with Gasteiger partial charge in [-0.1, -0.05) is 25.7 Å². The first kappa shape index (κ1) is 21.8. The third-order valence-electron chi connectivity index (χ3n) is 7.56. The number of rotatable bonds is 5. The molecule has 33 heavy (non-hydrogen) atoms. The Morgan fingerprint density at radius 2 is 1.52 bits per heavy atom. The van der Waals surface area contributed by atoms with E-state index in [0.717, 1.165) is 48.4 Å². The van der Waals surface area contributed by atoms with Gasteiger partial charge in [0, 0.05) is 36.1 Å². The van der Waals surface area contributed by atoms with Crippen LogP contribution in [0.1, 0.15) is 68.6 Å². The Bertz CT molecular complexity index is 1020. The fourth-order valence-electron chi connectivity index (χ4n) is 5.72. The molecule has 0 spiro atoms. The van der Waals surface area contributed by atoms with Crippen LogP contribution >= 0.6 is 0 Å². The number of anilines is 4. The minimum Gasteiger partial charge on any atom is -0.355 e. The van der Waals surface area contributed by atoms with Crippen molar-refractivity contribution < 1.29 is 9.59 Å². The second kappa shape index (κ2) is 9.08. The number of fused-ring (bicyclic) bond motifs is 1. The molecule has 1 unspecified atom stereocenters. The van der Waals surface area contributed by atoms with Gasteiger partial charge in [-0.25, -0.2) is 0 Å². The number of likely N-dealkylation sites (N-methyl/N-ethyl adjacent to an activating group) is 1. The highest BCUT2D eigenvalue weighted by Gasteiger charge is 2.38. The van der Waals surface area contributed by atoms with Crippen molar-refractivity contribution in [2.75, 3.05) is 22.2 Å². The molecule has 2 N–H and O–H groups in total. The molecule has 174 valence electrons. The summed E-state index contributed by atoms with van der Waals surface area (Å²) >= 11 is 0. The largest absolute Gasteiger partial charge is 0.355 e. The van der Waals surface area contributed by atoms with Crippen molar-refractivity contribution in [2.24, 2.45) is 0 Å². The van der Waals surface area contributed by atoms with Crippen molar-refractivity contribution in [1.29, 1.82) is 0 Å². The molecule has 0 radical (unpaired) electrons. The van der Waals surface area contributed by atoms with Crippen molar-refractivity contribution >= 4 is 34.6 Å². The first-order valence-electron chi connectivity index (χ1n) is 12.4. The average molecular weight is 447 g/mol. The zero-order valence-electron chi connectivity index (χ0n) is 19.6. The monoisotopic (exact) mass is 446 g/mol. The van der Waals surface area contributed by atoms with E-state index in [1.807, 2.05) is 50.4 Å². The van der Waals surface area contributed by atoms with E-state index in [-0.39, 0.29) is 17.9 Å². The molecular formula is C27H34N4O2. The lowest BCUT2D eigenvalue weighted by Crippen LogP contribution is -2.54. The smallest absolute Gasteiger partial charge is 0.251 e. The molecule has 2 aromatic carbocycles. The predicted octanol–water partition coefficient (Wildman–Crippen LogP) is 5.22. The molecule has 0 bridgehead atoms. The number of carbonyl (C=O) groups excluding carboxylic acids is 2. The molecule has 6 nitrogen and oxygen atoms in total. The van der Waals surface area contributed by atoms with E-state index in [0.29, 0.717) is 17.6 Å². The summed E-state index contributed by atoms with van der Waals surface area (Å²) in [5.41, 5.74) is 4.70. The van der Waals surface area contributed by atoms with E-state index < -0.39 is 0 Å². The van der Waals surface area contributed by atoms with Crippen molar-refractivity contribution in [3.05, 3.63) is 48.0 Å². The van der Waals surface area contributed by atoms with Gasteiger partial charge >= 0.3 is 0 Å². The van der Waals surface area contributed by atoms with Gasteiger partial charge in [-0.05, 0) is 75.1 Å². The summed E-state index contributed by atoms with van der Waals surface area (Å²) in [6, 6.07) is 14.5. The van der Waals surface area contributed by atoms with E-state index in [4.69, 9.17) is 0 Å². The van der Waals surface area contributed by atoms with Gasteiger partial charge in [0.2, 0.25) is 5.91 Å². The summed E-state index contributed by atoms with van der Waals surface area (Å²) in [5, 5.41) is 6.63. The summed E-state index contributed by atoms with van der Waals surface area (Å²) in [7, 11) is 1.87. The first-order chi connectivity index (χ1) is 16.0. The minimum atomic E-state index is -0.154. The minimum absolute atomic E-state index is 0.0103. The van der Waals surface area contributed by atoms with Crippen LogP contribution in [0.5, 0.6) is 0 Å². The van der Waals surface area contributed by atoms with E-state index in [1.165, 1.54) is 25.7 Å². The number of amides is 2. The molecule has 2 aliphatic carbocycles. The molecule has 2 aromatic rings. The number of nitrogens with one attached hydrogen (secondary N) is 2.